The molecule has 0 aromatic rings. The number of hydrogen-bond donors (Lipinski definition) is 1. The molecule has 7 heteroatoms. The Labute approximate surface area is 150 Å². The Morgan fingerprint density at radius 2 is 1.71 bits per heavy atom. The molecule has 6 nitrogen and oxygen atoms in total. The summed E-state index contributed by atoms with van der Waals surface area (Å²) < 4.78 is 5.32. The summed E-state index contributed by atoms with van der Waals surface area (Å²) in [4.78, 5) is 29.4. The minimum Gasteiger partial charge on any atom is -0.378 e. The molecule has 0 bridgehead atoms. The summed E-state index contributed by atoms with van der Waals surface area (Å²) in [7, 11) is 0. The standard InChI is InChI=1S/C17H29N3O3.ClH/c18-11-13-3-1-5-15(13)17(22)20-6-2-4-14(12-20)16(21)19-7-9-23-10-8-19;/h13-15H,1-12,18H2;1H/t13-,14?,15-;/m1./s1. The zero-order valence-electron chi connectivity index (χ0n) is 14.3. The Hall–Kier alpha value is -0.850. The minimum absolute atomic E-state index is 0. The lowest BCUT2D eigenvalue weighted by molar-refractivity contribution is -0.145. The van der Waals surface area contributed by atoms with Gasteiger partial charge in [0.2, 0.25) is 11.8 Å². The molecule has 2 aliphatic heterocycles. The van der Waals surface area contributed by atoms with Crippen molar-refractivity contribution in [3.05, 3.63) is 0 Å². The van der Waals surface area contributed by atoms with E-state index in [-0.39, 0.29) is 36.1 Å². The minimum atomic E-state index is -0.0384. The highest BCUT2D eigenvalue weighted by Crippen LogP contribution is 2.33. The Morgan fingerprint density at radius 3 is 2.42 bits per heavy atom. The van der Waals surface area contributed by atoms with E-state index in [1.807, 2.05) is 9.80 Å². The molecular formula is C17H30ClN3O3. The Morgan fingerprint density at radius 1 is 0.958 bits per heavy atom. The predicted octanol–water partition coefficient (Wildman–Crippen LogP) is 0.881. The maximum absolute atomic E-state index is 12.8. The molecule has 2 N–H and O–H groups in total. The van der Waals surface area contributed by atoms with Gasteiger partial charge in [0.15, 0.2) is 0 Å². The van der Waals surface area contributed by atoms with Crippen LogP contribution in [0.4, 0.5) is 0 Å². The molecule has 138 valence electrons. The predicted molar refractivity (Wildman–Crippen MR) is 93.8 cm³/mol. The van der Waals surface area contributed by atoms with Crippen molar-refractivity contribution in [1.29, 1.82) is 0 Å². The molecule has 3 fully saturated rings. The van der Waals surface area contributed by atoms with E-state index in [9.17, 15) is 9.59 Å². The molecule has 3 aliphatic rings. The summed E-state index contributed by atoms with van der Waals surface area (Å²) in [6.45, 7) is 4.59. The van der Waals surface area contributed by atoms with Crippen LogP contribution in [0.1, 0.15) is 32.1 Å². The summed E-state index contributed by atoms with van der Waals surface area (Å²) >= 11 is 0. The molecule has 0 aromatic heterocycles. The van der Waals surface area contributed by atoms with Gasteiger partial charge in [0, 0.05) is 32.1 Å². The zero-order chi connectivity index (χ0) is 16.2. The molecule has 0 aromatic carbocycles. The highest BCUT2D eigenvalue weighted by atomic mass is 35.5. The van der Waals surface area contributed by atoms with E-state index in [0.29, 0.717) is 45.3 Å². The van der Waals surface area contributed by atoms with Crippen LogP contribution in [-0.4, -0.2) is 67.6 Å². The fraction of sp³-hybridized carbons (Fsp3) is 0.882. The molecule has 1 aliphatic carbocycles. The first-order valence-corrected chi connectivity index (χ1v) is 9.06. The Kier molecular flexibility index (Phi) is 7.32. The highest BCUT2D eigenvalue weighted by molar-refractivity contribution is 5.85. The van der Waals surface area contributed by atoms with Gasteiger partial charge in [-0.15, -0.1) is 12.4 Å². The molecule has 1 unspecified atom stereocenters. The SMILES string of the molecule is Cl.NC[C@H]1CCC[C@H]1C(=O)N1CCCC(C(=O)N2CCOCC2)C1. The average molecular weight is 360 g/mol. The number of halogens is 1. The number of hydrogen-bond acceptors (Lipinski definition) is 4. The second-order valence-electron chi connectivity index (χ2n) is 7.09. The first kappa shape index (κ1) is 19.5. The zero-order valence-corrected chi connectivity index (χ0v) is 15.1. The van der Waals surface area contributed by atoms with Gasteiger partial charge < -0.3 is 20.3 Å². The highest BCUT2D eigenvalue weighted by Gasteiger charge is 2.38. The van der Waals surface area contributed by atoms with Gasteiger partial charge in [-0.3, -0.25) is 9.59 Å². The third-order valence-electron chi connectivity index (χ3n) is 5.68. The fourth-order valence-corrected chi connectivity index (χ4v) is 4.30. The number of likely N-dealkylation sites (tertiary alicyclic amines) is 1. The van der Waals surface area contributed by atoms with E-state index in [4.69, 9.17) is 10.5 Å². The van der Waals surface area contributed by atoms with E-state index in [1.54, 1.807) is 0 Å². The van der Waals surface area contributed by atoms with E-state index in [2.05, 4.69) is 0 Å². The molecule has 3 atom stereocenters. The third-order valence-corrected chi connectivity index (χ3v) is 5.68. The van der Waals surface area contributed by atoms with E-state index >= 15 is 0 Å². The number of morpholine rings is 1. The van der Waals surface area contributed by atoms with Crippen LogP contribution in [-0.2, 0) is 14.3 Å². The van der Waals surface area contributed by atoms with Crippen LogP contribution in [0.2, 0.25) is 0 Å². The summed E-state index contributed by atoms with van der Waals surface area (Å²) in [5, 5.41) is 0. The van der Waals surface area contributed by atoms with Gasteiger partial charge in [-0.2, -0.15) is 0 Å². The summed E-state index contributed by atoms with van der Waals surface area (Å²) in [5.74, 6) is 0.809. The number of rotatable bonds is 3. The second-order valence-corrected chi connectivity index (χ2v) is 7.09. The average Bonchev–Trinajstić information content (AvgIpc) is 3.10. The van der Waals surface area contributed by atoms with Gasteiger partial charge in [0.25, 0.3) is 0 Å². The number of carbonyl (C=O) groups excluding carboxylic acids is 2. The van der Waals surface area contributed by atoms with E-state index in [1.165, 1.54) is 0 Å². The Bertz CT molecular complexity index is 443. The van der Waals surface area contributed by atoms with Crippen LogP contribution < -0.4 is 5.73 Å². The van der Waals surface area contributed by atoms with Gasteiger partial charge in [-0.1, -0.05) is 6.42 Å². The number of piperidine rings is 1. The number of ether oxygens (including phenoxy) is 1. The van der Waals surface area contributed by atoms with Gasteiger partial charge in [0.1, 0.15) is 0 Å². The summed E-state index contributed by atoms with van der Waals surface area (Å²) in [5.41, 5.74) is 5.82. The maximum Gasteiger partial charge on any atom is 0.227 e. The van der Waals surface area contributed by atoms with Gasteiger partial charge in [-0.05, 0) is 38.1 Å². The lowest BCUT2D eigenvalue weighted by Crippen LogP contribution is -2.50. The van der Waals surface area contributed by atoms with E-state index < -0.39 is 0 Å². The van der Waals surface area contributed by atoms with Crippen molar-refractivity contribution in [2.24, 2.45) is 23.5 Å². The smallest absolute Gasteiger partial charge is 0.227 e. The molecule has 1 saturated carbocycles. The molecule has 24 heavy (non-hydrogen) atoms. The Balaban J connectivity index is 0.00000208. The van der Waals surface area contributed by atoms with Crippen LogP contribution in [0.25, 0.3) is 0 Å². The number of nitrogens with two attached hydrogens (primary N) is 1. The summed E-state index contributed by atoms with van der Waals surface area (Å²) in [6.07, 6.45) is 4.94. The monoisotopic (exact) mass is 359 g/mol. The molecule has 0 radical (unpaired) electrons. The largest absolute Gasteiger partial charge is 0.378 e. The number of carbonyl (C=O) groups is 2. The lowest BCUT2D eigenvalue weighted by Gasteiger charge is -2.37. The lowest BCUT2D eigenvalue weighted by atomic mass is 9.91. The molecule has 2 heterocycles. The van der Waals surface area contributed by atoms with Crippen molar-refractivity contribution in [2.45, 2.75) is 32.1 Å². The van der Waals surface area contributed by atoms with Crippen molar-refractivity contribution in [3.63, 3.8) is 0 Å². The molecule has 2 saturated heterocycles. The van der Waals surface area contributed by atoms with Crippen molar-refractivity contribution in [2.75, 3.05) is 45.9 Å². The molecule has 0 spiro atoms. The van der Waals surface area contributed by atoms with Crippen LogP contribution in [0.3, 0.4) is 0 Å². The van der Waals surface area contributed by atoms with Crippen LogP contribution in [0, 0.1) is 17.8 Å². The quantitative estimate of drug-likeness (QED) is 0.811. The summed E-state index contributed by atoms with van der Waals surface area (Å²) in [6, 6.07) is 0. The van der Waals surface area contributed by atoms with Crippen LogP contribution >= 0.6 is 12.4 Å². The first-order chi connectivity index (χ1) is 11.2. The van der Waals surface area contributed by atoms with Gasteiger partial charge in [0.05, 0.1) is 19.1 Å². The first-order valence-electron chi connectivity index (χ1n) is 9.06. The topological polar surface area (TPSA) is 75.9 Å². The van der Waals surface area contributed by atoms with Gasteiger partial charge >= 0.3 is 0 Å². The van der Waals surface area contributed by atoms with Gasteiger partial charge in [-0.25, -0.2) is 0 Å². The number of amides is 2. The van der Waals surface area contributed by atoms with Crippen molar-refractivity contribution in [3.8, 4) is 0 Å². The number of nitrogens with zero attached hydrogens (tertiary/aromatic N) is 2. The maximum atomic E-state index is 12.8. The normalized spacial score (nSPS) is 30.8. The second kappa shape index (κ2) is 9.02. The van der Waals surface area contributed by atoms with Crippen molar-refractivity contribution >= 4 is 24.2 Å². The van der Waals surface area contributed by atoms with Crippen LogP contribution in [0.5, 0.6) is 0 Å². The van der Waals surface area contributed by atoms with E-state index in [0.717, 1.165) is 38.6 Å². The third kappa shape index (κ3) is 4.21. The molecular weight excluding hydrogens is 330 g/mol. The van der Waals surface area contributed by atoms with Crippen molar-refractivity contribution in [1.82, 2.24) is 9.80 Å². The molecule has 2 amide bonds. The van der Waals surface area contributed by atoms with Crippen LogP contribution in [0.15, 0.2) is 0 Å². The fourth-order valence-electron chi connectivity index (χ4n) is 4.30. The molecule has 3 rings (SSSR count). The van der Waals surface area contributed by atoms with Crippen molar-refractivity contribution < 1.29 is 14.3 Å².